The van der Waals surface area contributed by atoms with Crippen molar-refractivity contribution in [1.82, 2.24) is 0 Å². The maximum absolute atomic E-state index is 13.8. The summed E-state index contributed by atoms with van der Waals surface area (Å²) in [5.41, 5.74) is -3.12. The standard InChI is InChI=1S/C48H74O20/c1-20-28(52)30(54)32(56)39(63-20)66-35-34(58)36(38(59)60)67-41(37(35)68-40-33(57)31(55)29(53)23(18-49)64-40)65-27-11-12-44(4)24(45(27,5)19-50)10-13-46(6)25(44)9-8-21-22-16-43(2,3)14-15-48(22,42(61)62)26(51)17-47(21,46)7/h8,19-20,22-37,39-41,49,51-58H,9-18H2,1-7H3,(H,59,60)(H,61,62)/t20-,22-,23+,24-,25+,26+,27-,28-,29-,30+,31-,32-,33+,34-,35-,36-,37+,39+,40-,41+,44-,45-,46+,47+,48+/m0/s1. The van der Waals surface area contributed by atoms with Crippen molar-refractivity contribution in [1.29, 1.82) is 0 Å². The van der Waals surface area contributed by atoms with Crippen LogP contribution in [0.1, 0.15) is 106 Å². The smallest absolute Gasteiger partial charge is 0.335 e. The number of aliphatic carboxylic acids is 2. The molecule has 4 saturated carbocycles. The summed E-state index contributed by atoms with van der Waals surface area (Å²) in [4.78, 5) is 39.9. The molecule has 3 heterocycles. The van der Waals surface area contributed by atoms with Crippen molar-refractivity contribution in [2.24, 2.45) is 50.2 Å². The van der Waals surface area contributed by atoms with Gasteiger partial charge in [-0.3, -0.25) is 4.79 Å². The van der Waals surface area contributed by atoms with E-state index in [1.54, 1.807) is 6.92 Å². The molecule has 25 atom stereocenters. The van der Waals surface area contributed by atoms with Crippen LogP contribution < -0.4 is 0 Å². The SMILES string of the molecule is C[C@@H]1O[C@H](O[C@H]2[C@H](O)[C@@H](C(=O)O)O[C@@H](O[C@H]3CC[C@@]4(C)[C@H](CC[C@]5(C)[C@@H]4CC=C4[C@@H]6CC(C)(C)CC[C@]6(C(=O)O)[C@H](O)C[C@]45C)[C@]3(C)C=O)[C@@H]2O[C@@H]2O[C@H](CO)[C@H](O)[C@H](O)[C@H]2O)[C@@H](O)[C@H](O)[C@H]1O. The maximum atomic E-state index is 13.8. The molecule has 5 aliphatic carbocycles. The molecule has 20 nitrogen and oxygen atoms in total. The number of allylic oxidation sites excluding steroid dienone is 2. The lowest BCUT2D eigenvalue weighted by Gasteiger charge is -2.71. The van der Waals surface area contributed by atoms with E-state index in [9.17, 15) is 70.6 Å². The molecular formula is C48H74O20. The van der Waals surface area contributed by atoms with Crippen LogP contribution in [0, 0.1) is 50.2 Å². The van der Waals surface area contributed by atoms with Crippen molar-refractivity contribution in [3.05, 3.63) is 11.6 Å². The number of carbonyl (C=O) groups is 3. The molecule has 8 rings (SSSR count). The van der Waals surface area contributed by atoms with Crippen LogP contribution in [0.2, 0.25) is 0 Å². The summed E-state index contributed by atoms with van der Waals surface area (Å²) >= 11 is 0. The van der Waals surface area contributed by atoms with Gasteiger partial charge in [0, 0.05) is 0 Å². The first-order valence-electron chi connectivity index (χ1n) is 24.3. The number of hydrogen-bond acceptors (Lipinski definition) is 18. The molecule has 0 spiro atoms. The number of carboxylic acid groups (broad SMARTS) is 2. The predicted octanol–water partition coefficient (Wildman–Crippen LogP) is -0.0241. The number of aliphatic hydroxyl groups is 9. The maximum Gasteiger partial charge on any atom is 0.335 e. The van der Waals surface area contributed by atoms with Gasteiger partial charge in [-0.15, -0.1) is 0 Å². The fourth-order valence-electron chi connectivity index (χ4n) is 15.0. The predicted molar refractivity (Wildman–Crippen MR) is 231 cm³/mol. The van der Waals surface area contributed by atoms with Crippen molar-refractivity contribution in [3.8, 4) is 0 Å². The van der Waals surface area contributed by atoms with Crippen LogP contribution in [0.3, 0.4) is 0 Å². The second-order valence-corrected chi connectivity index (χ2v) is 23.3. The molecule has 3 aliphatic heterocycles. The lowest BCUT2D eigenvalue weighted by Crippen LogP contribution is -2.69. The minimum Gasteiger partial charge on any atom is -0.481 e. The van der Waals surface area contributed by atoms with Crippen molar-refractivity contribution >= 4 is 18.2 Å². The average molecular weight is 971 g/mol. The third-order valence-corrected chi connectivity index (χ3v) is 19.3. The molecule has 0 amide bonds. The number of fused-ring (bicyclic) bond motifs is 7. The van der Waals surface area contributed by atoms with Gasteiger partial charge in [0.05, 0.1) is 30.3 Å². The largest absolute Gasteiger partial charge is 0.481 e. The Kier molecular flexibility index (Phi) is 13.8. The van der Waals surface area contributed by atoms with E-state index in [1.807, 2.05) is 0 Å². The summed E-state index contributed by atoms with van der Waals surface area (Å²) in [6.07, 6.45) is -21.9. The van der Waals surface area contributed by atoms with Gasteiger partial charge in [-0.25, -0.2) is 4.79 Å². The van der Waals surface area contributed by atoms with Crippen molar-refractivity contribution in [2.75, 3.05) is 6.61 Å². The Morgan fingerprint density at radius 3 is 1.96 bits per heavy atom. The normalized spacial score (nSPS) is 54.5. The average Bonchev–Trinajstić information content (AvgIpc) is 3.27. The molecule has 0 bridgehead atoms. The van der Waals surface area contributed by atoms with E-state index in [-0.39, 0.29) is 36.0 Å². The first kappa shape index (κ1) is 52.1. The Labute approximate surface area is 395 Å². The molecule has 386 valence electrons. The molecule has 3 saturated heterocycles. The lowest BCUT2D eigenvalue weighted by atomic mass is 9.33. The van der Waals surface area contributed by atoms with Gasteiger partial charge >= 0.3 is 11.9 Å². The molecule has 8 aliphatic rings. The van der Waals surface area contributed by atoms with Gasteiger partial charge in [0.25, 0.3) is 0 Å². The summed E-state index contributed by atoms with van der Waals surface area (Å²) in [5, 5.41) is 119. The van der Waals surface area contributed by atoms with E-state index in [1.165, 1.54) is 6.92 Å². The Balaban J connectivity index is 1.13. The fraction of sp³-hybridized carbons (Fsp3) is 0.896. The Morgan fingerprint density at radius 2 is 1.34 bits per heavy atom. The van der Waals surface area contributed by atoms with Gasteiger partial charge in [-0.05, 0) is 104 Å². The second kappa shape index (κ2) is 18.0. The Bertz CT molecular complexity index is 1950. The number of aldehydes is 1. The van der Waals surface area contributed by atoms with Crippen LogP contribution in [0.5, 0.6) is 0 Å². The first-order chi connectivity index (χ1) is 31.7. The zero-order chi connectivity index (χ0) is 50.0. The van der Waals surface area contributed by atoms with Gasteiger partial charge in [-0.2, -0.15) is 0 Å². The van der Waals surface area contributed by atoms with Crippen LogP contribution in [-0.2, 0) is 42.8 Å². The number of carboxylic acids is 2. The molecule has 0 radical (unpaired) electrons. The zero-order valence-electron chi connectivity index (χ0n) is 39.9. The minimum atomic E-state index is -2.15. The van der Waals surface area contributed by atoms with E-state index in [2.05, 4.69) is 40.7 Å². The minimum absolute atomic E-state index is 0.0282. The van der Waals surface area contributed by atoms with E-state index in [0.717, 1.165) is 11.9 Å². The quantitative estimate of drug-likeness (QED) is 0.0778. The van der Waals surface area contributed by atoms with E-state index in [0.29, 0.717) is 44.9 Å². The molecule has 0 aromatic heterocycles. The molecule has 68 heavy (non-hydrogen) atoms. The Hall–Kier alpha value is -2.25. The highest BCUT2D eigenvalue weighted by Crippen LogP contribution is 2.76. The van der Waals surface area contributed by atoms with Gasteiger partial charge in [0.2, 0.25) is 0 Å². The fourth-order valence-corrected chi connectivity index (χ4v) is 15.0. The molecule has 7 fully saturated rings. The van der Waals surface area contributed by atoms with Gasteiger partial charge < -0.3 is 89.4 Å². The van der Waals surface area contributed by atoms with Crippen molar-refractivity contribution in [3.63, 3.8) is 0 Å². The number of aliphatic hydroxyl groups excluding tert-OH is 9. The third kappa shape index (κ3) is 7.77. The number of rotatable bonds is 10. The molecule has 0 aromatic rings. The lowest BCUT2D eigenvalue weighted by molar-refractivity contribution is -0.394. The summed E-state index contributed by atoms with van der Waals surface area (Å²) < 4.78 is 36.2. The topological polar surface area (TPSA) is 329 Å². The molecular weight excluding hydrogens is 897 g/mol. The highest BCUT2D eigenvalue weighted by molar-refractivity contribution is 5.78. The van der Waals surface area contributed by atoms with Crippen LogP contribution in [0.25, 0.3) is 0 Å². The zero-order valence-corrected chi connectivity index (χ0v) is 39.9. The monoisotopic (exact) mass is 970 g/mol. The van der Waals surface area contributed by atoms with E-state index < -0.39 is 150 Å². The Morgan fingerprint density at radius 1 is 0.706 bits per heavy atom. The summed E-state index contributed by atoms with van der Waals surface area (Å²) in [6.45, 7) is 13.2. The summed E-state index contributed by atoms with van der Waals surface area (Å²) in [6, 6.07) is 0. The van der Waals surface area contributed by atoms with E-state index in [4.69, 9.17) is 28.4 Å². The van der Waals surface area contributed by atoms with Crippen molar-refractivity contribution < 1.29 is 99.0 Å². The first-order valence-corrected chi connectivity index (χ1v) is 24.3. The van der Waals surface area contributed by atoms with Crippen LogP contribution in [-0.4, -0.2) is 185 Å². The molecule has 20 heteroatoms. The highest BCUT2D eigenvalue weighted by atomic mass is 16.8. The van der Waals surface area contributed by atoms with Gasteiger partial charge in [0.1, 0.15) is 72.7 Å². The third-order valence-electron chi connectivity index (χ3n) is 19.3. The number of ether oxygens (including phenoxy) is 6. The van der Waals surface area contributed by atoms with Crippen LogP contribution in [0.15, 0.2) is 11.6 Å². The summed E-state index contributed by atoms with van der Waals surface area (Å²) in [7, 11) is 0. The summed E-state index contributed by atoms with van der Waals surface area (Å²) in [5.74, 6) is -3.37. The number of carbonyl (C=O) groups excluding carboxylic acids is 1. The molecule has 0 aromatic carbocycles. The van der Waals surface area contributed by atoms with Gasteiger partial charge in [0.15, 0.2) is 25.0 Å². The van der Waals surface area contributed by atoms with Crippen molar-refractivity contribution in [2.45, 2.75) is 211 Å². The van der Waals surface area contributed by atoms with E-state index >= 15 is 0 Å². The molecule has 11 N–H and O–H groups in total. The van der Waals surface area contributed by atoms with Crippen LogP contribution >= 0.6 is 0 Å². The molecule has 0 unspecified atom stereocenters. The second-order valence-electron chi connectivity index (χ2n) is 23.3. The highest BCUT2D eigenvalue weighted by Gasteiger charge is 2.72. The number of hydrogen-bond donors (Lipinski definition) is 11. The van der Waals surface area contributed by atoms with Gasteiger partial charge in [-0.1, -0.05) is 53.2 Å². The van der Waals surface area contributed by atoms with Crippen LogP contribution in [0.4, 0.5) is 0 Å².